The number of aromatic nitrogens is 1. The van der Waals surface area contributed by atoms with Gasteiger partial charge in [0.25, 0.3) is 0 Å². The van der Waals surface area contributed by atoms with E-state index in [0.29, 0.717) is 24.5 Å². The summed E-state index contributed by atoms with van der Waals surface area (Å²) in [5.41, 5.74) is -0.0879. The van der Waals surface area contributed by atoms with Gasteiger partial charge in [-0.05, 0) is 69.6 Å². The fraction of sp³-hybridized carbons (Fsp3) is 0.737. The number of carbonyl (C=O) groups is 2. The van der Waals surface area contributed by atoms with Crippen molar-refractivity contribution >= 4 is 28.3 Å². The van der Waals surface area contributed by atoms with E-state index >= 15 is 0 Å². The molecule has 5 rings (SSSR count). The molecule has 4 bridgehead atoms. The maximum absolute atomic E-state index is 12.8. The molecule has 4 aliphatic rings. The van der Waals surface area contributed by atoms with Crippen molar-refractivity contribution in [1.82, 2.24) is 10.3 Å². The monoisotopic (exact) mass is 361 g/mol. The summed E-state index contributed by atoms with van der Waals surface area (Å²) in [6, 6.07) is 0. The zero-order valence-electron chi connectivity index (χ0n) is 14.8. The number of hydrogen-bond acceptors (Lipinski definition) is 4. The molecular weight excluding hydrogens is 334 g/mol. The Morgan fingerprint density at radius 3 is 2.40 bits per heavy atom. The van der Waals surface area contributed by atoms with Gasteiger partial charge in [-0.15, -0.1) is 11.3 Å². The molecule has 4 fully saturated rings. The lowest BCUT2D eigenvalue weighted by Crippen LogP contribution is -2.53. The molecule has 0 unspecified atom stereocenters. The highest BCUT2D eigenvalue weighted by Crippen LogP contribution is 2.60. The fourth-order valence-corrected chi connectivity index (χ4v) is 6.30. The van der Waals surface area contributed by atoms with Gasteiger partial charge in [-0.25, -0.2) is 4.98 Å². The van der Waals surface area contributed by atoms with Gasteiger partial charge >= 0.3 is 0 Å². The Balaban J connectivity index is 1.21. The van der Waals surface area contributed by atoms with E-state index in [2.05, 4.69) is 15.6 Å². The molecule has 1 aromatic rings. The van der Waals surface area contributed by atoms with E-state index in [1.54, 1.807) is 6.20 Å². The molecule has 6 heteroatoms. The molecule has 0 atom stereocenters. The first kappa shape index (κ1) is 17.0. The average molecular weight is 362 g/mol. The molecule has 2 N–H and O–H groups in total. The van der Waals surface area contributed by atoms with E-state index in [4.69, 9.17) is 0 Å². The van der Waals surface area contributed by atoms with Crippen molar-refractivity contribution in [3.63, 3.8) is 0 Å². The van der Waals surface area contributed by atoms with Crippen LogP contribution in [0.2, 0.25) is 0 Å². The van der Waals surface area contributed by atoms with Crippen LogP contribution < -0.4 is 10.6 Å². The Hall–Kier alpha value is -1.43. The molecule has 0 spiro atoms. The minimum Gasteiger partial charge on any atom is -0.356 e. The van der Waals surface area contributed by atoms with Gasteiger partial charge in [0.05, 0.1) is 0 Å². The molecule has 25 heavy (non-hydrogen) atoms. The lowest BCUT2D eigenvalue weighted by Gasteiger charge is -2.55. The number of rotatable bonds is 6. The van der Waals surface area contributed by atoms with Gasteiger partial charge in [-0.3, -0.25) is 9.59 Å². The van der Waals surface area contributed by atoms with Crippen LogP contribution >= 0.6 is 11.3 Å². The molecule has 0 aromatic carbocycles. The lowest BCUT2D eigenvalue weighted by atomic mass is 9.49. The first-order valence-corrected chi connectivity index (χ1v) is 10.3. The third-order valence-electron chi connectivity index (χ3n) is 6.25. The summed E-state index contributed by atoms with van der Waals surface area (Å²) in [6.07, 6.45) is 10.2. The van der Waals surface area contributed by atoms with E-state index in [-0.39, 0.29) is 17.2 Å². The predicted octanol–water partition coefficient (Wildman–Crippen LogP) is 3.50. The van der Waals surface area contributed by atoms with Crippen LogP contribution in [0, 0.1) is 30.1 Å². The van der Waals surface area contributed by atoms with Crippen molar-refractivity contribution < 1.29 is 9.59 Å². The molecule has 5 nitrogen and oxygen atoms in total. The van der Waals surface area contributed by atoms with Gasteiger partial charge in [0.2, 0.25) is 11.8 Å². The zero-order chi connectivity index (χ0) is 17.4. The highest BCUT2D eigenvalue weighted by Gasteiger charge is 2.54. The van der Waals surface area contributed by atoms with Crippen LogP contribution in [0.1, 0.15) is 56.2 Å². The Kier molecular flexibility index (Phi) is 4.56. The van der Waals surface area contributed by atoms with Crippen molar-refractivity contribution in [2.45, 2.75) is 58.3 Å². The predicted molar refractivity (Wildman–Crippen MR) is 98.3 cm³/mol. The summed E-state index contributed by atoms with van der Waals surface area (Å²) < 4.78 is 0. The molecule has 4 saturated carbocycles. The SMILES string of the molecule is Cc1cnc(NC(=O)CCCNC(=O)C23CC4CC(CC(C4)C2)C3)s1. The summed E-state index contributed by atoms with van der Waals surface area (Å²) in [7, 11) is 0. The van der Waals surface area contributed by atoms with Crippen LogP contribution in [-0.4, -0.2) is 23.3 Å². The molecule has 0 saturated heterocycles. The van der Waals surface area contributed by atoms with Crippen molar-refractivity contribution in [3.05, 3.63) is 11.1 Å². The third-order valence-corrected chi connectivity index (χ3v) is 7.08. The Bertz CT molecular complexity index is 634. The van der Waals surface area contributed by atoms with Gasteiger partial charge < -0.3 is 10.6 Å². The first-order chi connectivity index (χ1) is 12.0. The highest BCUT2D eigenvalue weighted by atomic mass is 32.1. The number of hydrogen-bond donors (Lipinski definition) is 2. The van der Waals surface area contributed by atoms with Gasteiger partial charge in [-0.1, -0.05) is 0 Å². The lowest BCUT2D eigenvalue weighted by molar-refractivity contribution is -0.146. The van der Waals surface area contributed by atoms with E-state index in [1.165, 1.54) is 30.6 Å². The number of anilines is 1. The van der Waals surface area contributed by atoms with Crippen molar-refractivity contribution in [1.29, 1.82) is 0 Å². The number of nitrogens with one attached hydrogen (secondary N) is 2. The summed E-state index contributed by atoms with van der Waals surface area (Å²) in [5.74, 6) is 2.57. The van der Waals surface area contributed by atoms with Crippen LogP contribution in [0.5, 0.6) is 0 Å². The second kappa shape index (κ2) is 6.71. The van der Waals surface area contributed by atoms with Crippen LogP contribution in [0.15, 0.2) is 6.20 Å². The maximum Gasteiger partial charge on any atom is 0.226 e. The Morgan fingerprint density at radius 2 is 1.84 bits per heavy atom. The third kappa shape index (κ3) is 3.59. The van der Waals surface area contributed by atoms with E-state index in [0.717, 1.165) is 41.9 Å². The second-order valence-corrected chi connectivity index (χ2v) is 9.62. The van der Waals surface area contributed by atoms with E-state index in [9.17, 15) is 9.59 Å². The van der Waals surface area contributed by atoms with Crippen LogP contribution in [-0.2, 0) is 9.59 Å². The number of nitrogens with zero attached hydrogens (tertiary/aromatic N) is 1. The number of aryl methyl sites for hydroxylation is 1. The molecular formula is C19H27N3O2S. The van der Waals surface area contributed by atoms with Crippen LogP contribution in [0.3, 0.4) is 0 Å². The number of amides is 2. The van der Waals surface area contributed by atoms with Crippen molar-refractivity contribution in [3.8, 4) is 0 Å². The molecule has 1 aromatic heterocycles. The zero-order valence-corrected chi connectivity index (χ0v) is 15.7. The standard InChI is InChI=1S/C19H27N3O2S/c1-12-11-21-18(25-12)22-16(23)3-2-4-20-17(24)19-8-13-5-14(9-19)7-15(6-13)10-19/h11,13-15H,2-10H2,1H3,(H,20,24)(H,21,22,23). The number of carbonyl (C=O) groups excluding carboxylic acids is 2. The Morgan fingerprint density at radius 1 is 1.20 bits per heavy atom. The van der Waals surface area contributed by atoms with Gasteiger partial charge in [0.15, 0.2) is 5.13 Å². The largest absolute Gasteiger partial charge is 0.356 e. The quantitative estimate of drug-likeness (QED) is 0.762. The summed E-state index contributed by atoms with van der Waals surface area (Å²) in [6.45, 7) is 2.55. The molecule has 1 heterocycles. The van der Waals surface area contributed by atoms with Crippen LogP contribution in [0.4, 0.5) is 5.13 Å². The number of thiazole rings is 1. The molecule has 4 aliphatic carbocycles. The summed E-state index contributed by atoms with van der Waals surface area (Å²) in [4.78, 5) is 30.0. The smallest absolute Gasteiger partial charge is 0.226 e. The van der Waals surface area contributed by atoms with Crippen molar-refractivity contribution in [2.75, 3.05) is 11.9 Å². The van der Waals surface area contributed by atoms with Crippen molar-refractivity contribution in [2.24, 2.45) is 23.2 Å². The fourth-order valence-electron chi connectivity index (χ4n) is 5.62. The summed E-state index contributed by atoms with van der Waals surface area (Å²) >= 11 is 1.48. The molecule has 0 aliphatic heterocycles. The molecule has 2 amide bonds. The van der Waals surface area contributed by atoms with Crippen LogP contribution in [0.25, 0.3) is 0 Å². The van der Waals surface area contributed by atoms with Gasteiger partial charge in [-0.2, -0.15) is 0 Å². The summed E-state index contributed by atoms with van der Waals surface area (Å²) in [5, 5.41) is 6.60. The molecule has 0 radical (unpaired) electrons. The minimum absolute atomic E-state index is 0.0293. The Labute approximate surface area is 153 Å². The van der Waals surface area contributed by atoms with E-state index in [1.807, 2.05) is 6.92 Å². The maximum atomic E-state index is 12.8. The first-order valence-electron chi connectivity index (χ1n) is 9.53. The minimum atomic E-state index is -0.0879. The average Bonchev–Trinajstić information content (AvgIpc) is 2.95. The highest BCUT2D eigenvalue weighted by molar-refractivity contribution is 7.15. The molecule has 136 valence electrons. The normalized spacial score (nSPS) is 32.6. The van der Waals surface area contributed by atoms with Gasteiger partial charge in [0.1, 0.15) is 0 Å². The van der Waals surface area contributed by atoms with E-state index < -0.39 is 0 Å². The van der Waals surface area contributed by atoms with Gasteiger partial charge in [0, 0.05) is 29.5 Å². The topological polar surface area (TPSA) is 71.1 Å². The second-order valence-electron chi connectivity index (χ2n) is 8.38.